The Morgan fingerprint density at radius 2 is 2.00 bits per heavy atom. The largest absolute Gasteiger partial charge is 0.339 e. The number of amides is 1. The average molecular weight is 240 g/mol. The maximum atomic E-state index is 12.6. The van der Waals surface area contributed by atoms with Crippen molar-refractivity contribution in [3.63, 3.8) is 0 Å². The molecular weight excluding hydrogens is 212 g/mol. The first-order valence-electron chi connectivity index (χ1n) is 6.86. The Kier molecular flexibility index (Phi) is 4.59. The Morgan fingerprint density at radius 1 is 1.41 bits per heavy atom. The van der Waals surface area contributed by atoms with Crippen LogP contribution in [0.15, 0.2) is 0 Å². The van der Waals surface area contributed by atoms with E-state index in [2.05, 4.69) is 25.7 Å². The van der Waals surface area contributed by atoms with E-state index in [0.29, 0.717) is 24.4 Å². The standard InChI is InChI=1S/C14H28N2O/c1-6-14(5,9-15)13(17)16-8-10(2)7-11(3)12(16)4/h10-12H,6-9,15H2,1-5H3. The van der Waals surface area contributed by atoms with Gasteiger partial charge in [0, 0.05) is 19.1 Å². The van der Waals surface area contributed by atoms with Gasteiger partial charge in [0.2, 0.25) is 5.91 Å². The fraction of sp³-hybridized carbons (Fsp3) is 0.929. The van der Waals surface area contributed by atoms with Gasteiger partial charge in [0.05, 0.1) is 5.41 Å². The third kappa shape index (κ3) is 2.82. The fourth-order valence-corrected chi connectivity index (χ4v) is 2.71. The van der Waals surface area contributed by atoms with Gasteiger partial charge >= 0.3 is 0 Å². The molecule has 4 atom stereocenters. The molecule has 17 heavy (non-hydrogen) atoms. The van der Waals surface area contributed by atoms with E-state index in [1.807, 2.05) is 13.8 Å². The van der Waals surface area contributed by atoms with Crippen molar-refractivity contribution in [1.82, 2.24) is 4.90 Å². The summed E-state index contributed by atoms with van der Waals surface area (Å²) in [7, 11) is 0. The van der Waals surface area contributed by atoms with Gasteiger partial charge in [0.15, 0.2) is 0 Å². The maximum absolute atomic E-state index is 12.6. The van der Waals surface area contributed by atoms with Gasteiger partial charge in [0.1, 0.15) is 0 Å². The van der Waals surface area contributed by atoms with Gasteiger partial charge in [-0.15, -0.1) is 0 Å². The molecule has 3 nitrogen and oxygen atoms in total. The minimum Gasteiger partial charge on any atom is -0.339 e. The number of likely N-dealkylation sites (tertiary alicyclic amines) is 1. The number of nitrogens with two attached hydrogens (primary N) is 1. The van der Waals surface area contributed by atoms with Gasteiger partial charge in [-0.1, -0.05) is 20.8 Å². The Hall–Kier alpha value is -0.570. The second kappa shape index (κ2) is 5.38. The van der Waals surface area contributed by atoms with E-state index in [9.17, 15) is 4.79 Å². The molecule has 2 N–H and O–H groups in total. The molecule has 4 unspecified atom stereocenters. The third-order valence-corrected chi connectivity index (χ3v) is 4.61. The molecule has 100 valence electrons. The average Bonchev–Trinajstić information content (AvgIpc) is 2.31. The molecule has 1 aliphatic rings. The van der Waals surface area contributed by atoms with Crippen LogP contribution in [0, 0.1) is 17.3 Å². The highest BCUT2D eigenvalue weighted by Gasteiger charge is 2.39. The topological polar surface area (TPSA) is 46.3 Å². The van der Waals surface area contributed by atoms with Crippen LogP contribution in [-0.2, 0) is 4.79 Å². The van der Waals surface area contributed by atoms with Crippen molar-refractivity contribution in [2.75, 3.05) is 13.1 Å². The summed E-state index contributed by atoms with van der Waals surface area (Å²) in [5.41, 5.74) is 5.41. The van der Waals surface area contributed by atoms with Crippen molar-refractivity contribution in [3.8, 4) is 0 Å². The van der Waals surface area contributed by atoms with Crippen molar-refractivity contribution in [1.29, 1.82) is 0 Å². The van der Waals surface area contributed by atoms with Gasteiger partial charge in [-0.2, -0.15) is 0 Å². The molecule has 1 aliphatic heterocycles. The van der Waals surface area contributed by atoms with Crippen LogP contribution in [0.4, 0.5) is 0 Å². The minimum atomic E-state index is -0.384. The van der Waals surface area contributed by atoms with E-state index in [0.717, 1.165) is 13.0 Å². The third-order valence-electron chi connectivity index (χ3n) is 4.61. The molecule has 1 rings (SSSR count). The van der Waals surface area contributed by atoms with E-state index in [1.54, 1.807) is 0 Å². The summed E-state index contributed by atoms with van der Waals surface area (Å²) in [6.45, 7) is 12.0. The number of piperidine rings is 1. The van der Waals surface area contributed by atoms with Gasteiger partial charge in [-0.05, 0) is 38.5 Å². The number of rotatable bonds is 3. The summed E-state index contributed by atoms with van der Waals surface area (Å²) in [5.74, 6) is 1.43. The van der Waals surface area contributed by atoms with Gasteiger partial charge in [-0.25, -0.2) is 0 Å². The van der Waals surface area contributed by atoms with E-state index >= 15 is 0 Å². The molecule has 0 bridgehead atoms. The molecule has 0 saturated carbocycles. The van der Waals surface area contributed by atoms with Crippen LogP contribution in [0.25, 0.3) is 0 Å². The lowest BCUT2D eigenvalue weighted by molar-refractivity contribution is -0.147. The first-order valence-corrected chi connectivity index (χ1v) is 6.86. The predicted octanol–water partition coefficient (Wildman–Crippen LogP) is 2.25. The molecule has 0 spiro atoms. The molecule has 0 aromatic carbocycles. The lowest BCUT2D eigenvalue weighted by Gasteiger charge is -2.44. The van der Waals surface area contributed by atoms with Crippen LogP contribution in [0.2, 0.25) is 0 Å². The van der Waals surface area contributed by atoms with Crippen LogP contribution in [0.1, 0.15) is 47.5 Å². The summed E-state index contributed by atoms with van der Waals surface area (Å²) in [5, 5.41) is 0. The van der Waals surface area contributed by atoms with Gasteiger partial charge < -0.3 is 10.6 Å². The highest BCUT2D eigenvalue weighted by Crippen LogP contribution is 2.31. The van der Waals surface area contributed by atoms with Crippen LogP contribution >= 0.6 is 0 Å². The number of hydrogen-bond acceptors (Lipinski definition) is 2. The van der Waals surface area contributed by atoms with Crippen LogP contribution in [-0.4, -0.2) is 29.9 Å². The monoisotopic (exact) mass is 240 g/mol. The van der Waals surface area contributed by atoms with E-state index in [4.69, 9.17) is 5.73 Å². The SMILES string of the molecule is CCC(C)(CN)C(=O)N1CC(C)CC(C)C1C. The molecule has 3 heteroatoms. The second-order valence-corrected chi connectivity index (χ2v) is 6.13. The fourth-order valence-electron chi connectivity index (χ4n) is 2.71. The maximum Gasteiger partial charge on any atom is 0.230 e. The van der Waals surface area contributed by atoms with Crippen LogP contribution in [0.3, 0.4) is 0 Å². The highest BCUT2D eigenvalue weighted by molar-refractivity contribution is 5.83. The first kappa shape index (κ1) is 14.5. The van der Waals surface area contributed by atoms with E-state index < -0.39 is 0 Å². The smallest absolute Gasteiger partial charge is 0.230 e. The van der Waals surface area contributed by atoms with Crippen LogP contribution in [0.5, 0.6) is 0 Å². The lowest BCUT2D eigenvalue weighted by Crippen LogP contribution is -2.55. The summed E-state index contributed by atoms with van der Waals surface area (Å²) >= 11 is 0. The van der Waals surface area contributed by atoms with Crippen molar-refractivity contribution < 1.29 is 4.79 Å². The van der Waals surface area contributed by atoms with Crippen LogP contribution < -0.4 is 5.73 Å². The zero-order chi connectivity index (χ0) is 13.2. The Balaban J connectivity index is 2.86. The zero-order valence-corrected chi connectivity index (χ0v) is 12.0. The zero-order valence-electron chi connectivity index (χ0n) is 12.0. The molecule has 0 radical (unpaired) electrons. The molecule has 0 aliphatic carbocycles. The van der Waals surface area contributed by atoms with Gasteiger partial charge in [0.25, 0.3) is 0 Å². The molecule has 0 aromatic heterocycles. The Labute approximate surface area is 106 Å². The van der Waals surface area contributed by atoms with E-state index in [-0.39, 0.29) is 11.3 Å². The van der Waals surface area contributed by atoms with E-state index in [1.165, 1.54) is 6.42 Å². The van der Waals surface area contributed by atoms with Gasteiger partial charge in [-0.3, -0.25) is 4.79 Å². The van der Waals surface area contributed by atoms with Crippen molar-refractivity contribution in [3.05, 3.63) is 0 Å². The quantitative estimate of drug-likeness (QED) is 0.822. The molecule has 1 amide bonds. The summed E-state index contributed by atoms with van der Waals surface area (Å²) in [6.07, 6.45) is 2.03. The second-order valence-electron chi connectivity index (χ2n) is 6.13. The molecular formula is C14H28N2O. The summed E-state index contributed by atoms with van der Waals surface area (Å²) in [6, 6.07) is 0.344. The molecule has 1 fully saturated rings. The summed E-state index contributed by atoms with van der Waals surface area (Å²) in [4.78, 5) is 14.7. The Morgan fingerprint density at radius 3 is 2.47 bits per heavy atom. The predicted molar refractivity (Wildman–Crippen MR) is 71.6 cm³/mol. The molecule has 0 aromatic rings. The molecule has 1 saturated heterocycles. The molecule has 1 heterocycles. The summed E-state index contributed by atoms with van der Waals surface area (Å²) < 4.78 is 0. The normalized spacial score (nSPS) is 33.3. The lowest BCUT2D eigenvalue weighted by atomic mass is 9.81. The number of hydrogen-bond donors (Lipinski definition) is 1. The van der Waals surface area contributed by atoms with Crippen molar-refractivity contribution in [2.45, 2.75) is 53.5 Å². The number of carbonyl (C=O) groups excluding carboxylic acids is 1. The minimum absolute atomic E-state index is 0.244. The highest BCUT2D eigenvalue weighted by atomic mass is 16.2. The number of carbonyl (C=O) groups is 1. The van der Waals surface area contributed by atoms with Crippen molar-refractivity contribution >= 4 is 5.91 Å². The number of nitrogens with zero attached hydrogens (tertiary/aromatic N) is 1. The Bertz CT molecular complexity index is 273. The first-order chi connectivity index (χ1) is 7.85. The van der Waals surface area contributed by atoms with Crippen molar-refractivity contribution in [2.24, 2.45) is 23.0 Å².